The molecule has 1 fully saturated rings. The van der Waals surface area contributed by atoms with Gasteiger partial charge in [-0.2, -0.15) is 0 Å². The molecule has 32 heavy (non-hydrogen) atoms. The van der Waals surface area contributed by atoms with Gasteiger partial charge in [-0.25, -0.2) is 9.79 Å². The summed E-state index contributed by atoms with van der Waals surface area (Å²) in [5.41, 5.74) is 0. The number of halogens is 1. The highest BCUT2D eigenvalue weighted by Crippen LogP contribution is 2.11. The molecule has 0 atom stereocenters. The number of amides is 2. The highest BCUT2D eigenvalue weighted by atomic mass is 127. The van der Waals surface area contributed by atoms with Crippen LogP contribution in [0, 0.1) is 0 Å². The Morgan fingerprint density at radius 2 is 1.88 bits per heavy atom. The molecule has 0 radical (unpaired) electrons. The van der Waals surface area contributed by atoms with Crippen molar-refractivity contribution in [2.75, 3.05) is 53.5 Å². The molecule has 2 N–H and O–H groups in total. The summed E-state index contributed by atoms with van der Waals surface area (Å²) in [7, 11) is 3.43. The molecule has 9 nitrogen and oxygen atoms in total. The number of guanidine groups is 1. The minimum Gasteiger partial charge on any atom is -0.494 e. The number of aliphatic imine (C=N–C) groups is 1. The molecule has 0 aliphatic carbocycles. The van der Waals surface area contributed by atoms with Crippen LogP contribution in [0.4, 0.5) is 4.79 Å². The lowest BCUT2D eigenvalue weighted by molar-refractivity contribution is -0.127. The lowest BCUT2D eigenvalue weighted by Gasteiger charge is -2.32. The smallest absolute Gasteiger partial charge is 0.409 e. The van der Waals surface area contributed by atoms with Crippen LogP contribution in [0.5, 0.6) is 5.75 Å². The van der Waals surface area contributed by atoms with Gasteiger partial charge in [0, 0.05) is 39.8 Å². The molecular weight excluding hydrogens is 525 g/mol. The highest BCUT2D eigenvalue weighted by Gasteiger charge is 2.24. The maximum Gasteiger partial charge on any atom is 0.409 e. The van der Waals surface area contributed by atoms with Gasteiger partial charge in [0.15, 0.2) is 5.96 Å². The lowest BCUT2D eigenvalue weighted by Crippen LogP contribution is -2.50. The first-order valence-corrected chi connectivity index (χ1v) is 10.8. The molecule has 10 heteroatoms. The van der Waals surface area contributed by atoms with Crippen molar-refractivity contribution >= 4 is 41.9 Å². The Labute approximate surface area is 207 Å². The molecule has 0 aromatic heterocycles. The molecule has 1 aliphatic heterocycles. The first-order chi connectivity index (χ1) is 15.0. The Kier molecular flexibility index (Phi) is 13.5. The number of hydrogen-bond acceptors (Lipinski definition) is 5. The number of nitrogens with one attached hydrogen (secondary N) is 2. The summed E-state index contributed by atoms with van der Waals surface area (Å²) >= 11 is 0. The molecule has 0 unspecified atom stereocenters. The van der Waals surface area contributed by atoms with Crippen molar-refractivity contribution in [2.24, 2.45) is 4.99 Å². The molecule has 1 saturated heterocycles. The Bertz CT molecular complexity index is 710. The molecule has 1 aromatic rings. The molecule has 180 valence electrons. The first-order valence-electron chi connectivity index (χ1n) is 10.8. The molecule has 2 amide bonds. The van der Waals surface area contributed by atoms with Crippen LogP contribution in [0.3, 0.4) is 0 Å². The van der Waals surface area contributed by atoms with Crippen LogP contribution in [0.15, 0.2) is 35.3 Å². The van der Waals surface area contributed by atoms with Crippen LogP contribution in [-0.2, 0) is 9.53 Å². The monoisotopic (exact) mass is 561 g/mol. The number of ether oxygens (including phenoxy) is 2. The molecule has 2 rings (SSSR count). The minimum absolute atomic E-state index is 0. The number of rotatable bonds is 9. The van der Waals surface area contributed by atoms with Gasteiger partial charge >= 0.3 is 6.09 Å². The number of carbonyl (C=O) groups excluding carboxylic acids is 2. The van der Waals surface area contributed by atoms with Gasteiger partial charge in [0.05, 0.1) is 13.2 Å². The quantitative estimate of drug-likeness (QED) is 0.208. The summed E-state index contributed by atoms with van der Waals surface area (Å²) < 4.78 is 10.8. The third-order valence-corrected chi connectivity index (χ3v) is 4.86. The van der Waals surface area contributed by atoms with E-state index >= 15 is 0 Å². The van der Waals surface area contributed by atoms with Crippen LogP contribution in [0.25, 0.3) is 0 Å². The maximum atomic E-state index is 11.9. The average Bonchev–Trinajstić information content (AvgIpc) is 2.78. The van der Waals surface area contributed by atoms with Gasteiger partial charge in [0.1, 0.15) is 12.3 Å². The Morgan fingerprint density at radius 1 is 1.19 bits per heavy atom. The number of piperidine rings is 1. The predicted octanol–water partition coefficient (Wildman–Crippen LogP) is 2.32. The molecule has 1 aliphatic rings. The fraction of sp³-hybridized carbons (Fsp3) is 0.591. The standard InChI is InChI=1S/C22H35N5O4.HI/c1-4-30-22(29)27-14-11-18(12-15-27)25-21(24-17-20(28)26(2)3)23-13-8-16-31-19-9-6-5-7-10-19;/h5-7,9-10,18H,4,8,11-17H2,1-3H3,(H2,23,24,25);1H. The van der Waals surface area contributed by atoms with Crippen molar-refractivity contribution in [3.63, 3.8) is 0 Å². The van der Waals surface area contributed by atoms with Crippen LogP contribution in [0.1, 0.15) is 26.2 Å². The zero-order valence-electron chi connectivity index (χ0n) is 19.2. The summed E-state index contributed by atoms with van der Waals surface area (Å²) in [6.07, 6.45) is 2.11. The number of likely N-dealkylation sites (N-methyl/N-ethyl adjacent to an activating group) is 1. The van der Waals surface area contributed by atoms with Gasteiger partial charge in [0.25, 0.3) is 0 Å². The van der Waals surface area contributed by atoms with E-state index in [1.165, 1.54) is 4.90 Å². The Hall–Kier alpha value is -2.24. The van der Waals surface area contributed by atoms with E-state index in [-0.39, 0.29) is 48.6 Å². The largest absolute Gasteiger partial charge is 0.494 e. The van der Waals surface area contributed by atoms with Crippen molar-refractivity contribution in [1.29, 1.82) is 0 Å². The van der Waals surface area contributed by atoms with Gasteiger partial charge in [-0.3, -0.25) is 4.79 Å². The minimum atomic E-state index is -0.261. The summed E-state index contributed by atoms with van der Waals surface area (Å²) in [6, 6.07) is 9.87. The lowest BCUT2D eigenvalue weighted by atomic mass is 10.1. The van der Waals surface area contributed by atoms with Crippen molar-refractivity contribution < 1.29 is 19.1 Å². The van der Waals surface area contributed by atoms with Gasteiger partial charge in [-0.05, 0) is 38.3 Å². The molecule has 0 spiro atoms. The third-order valence-electron chi connectivity index (χ3n) is 4.86. The third kappa shape index (κ3) is 10.4. The van der Waals surface area contributed by atoms with E-state index in [0.717, 1.165) is 25.0 Å². The fourth-order valence-corrected chi connectivity index (χ4v) is 3.04. The van der Waals surface area contributed by atoms with Gasteiger partial charge < -0.3 is 29.9 Å². The number of benzene rings is 1. The molecule has 0 bridgehead atoms. The van der Waals surface area contributed by atoms with Crippen molar-refractivity contribution in [3.05, 3.63) is 30.3 Å². The van der Waals surface area contributed by atoms with Crippen molar-refractivity contribution in [3.8, 4) is 5.75 Å². The van der Waals surface area contributed by atoms with E-state index in [4.69, 9.17) is 9.47 Å². The predicted molar refractivity (Wildman–Crippen MR) is 136 cm³/mol. The highest BCUT2D eigenvalue weighted by molar-refractivity contribution is 14.0. The van der Waals surface area contributed by atoms with E-state index < -0.39 is 0 Å². The van der Waals surface area contributed by atoms with Crippen LogP contribution in [0.2, 0.25) is 0 Å². The SMILES string of the molecule is CCOC(=O)N1CCC(NC(=NCC(=O)N(C)C)NCCCOc2ccccc2)CC1.I. The number of nitrogens with zero attached hydrogens (tertiary/aromatic N) is 3. The van der Waals surface area contributed by atoms with E-state index in [2.05, 4.69) is 15.6 Å². The number of para-hydroxylation sites is 1. The maximum absolute atomic E-state index is 11.9. The van der Waals surface area contributed by atoms with E-state index in [1.807, 2.05) is 30.3 Å². The normalized spacial score (nSPS) is 14.2. The second kappa shape index (κ2) is 15.5. The van der Waals surface area contributed by atoms with Crippen LogP contribution in [-0.4, -0.2) is 87.3 Å². The second-order valence-electron chi connectivity index (χ2n) is 7.50. The first kappa shape index (κ1) is 27.8. The summed E-state index contributed by atoms with van der Waals surface area (Å²) in [5.74, 6) is 1.38. The van der Waals surface area contributed by atoms with E-state index in [1.54, 1.807) is 25.9 Å². The zero-order valence-corrected chi connectivity index (χ0v) is 21.5. The Morgan fingerprint density at radius 3 is 2.50 bits per heavy atom. The summed E-state index contributed by atoms with van der Waals surface area (Å²) in [5, 5.41) is 6.68. The van der Waals surface area contributed by atoms with E-state index in [9.17, 15) is 9.59 Å². The topological polar surface area (TPSA) is 95.5 Å². The average molecular weight is 561 g/mol. The number of carbonyl (C=O) groups is 2. The van der Waals surface area contributed by atoms with Crippen molar-refractivity contribution in [1.82, 2.24) is 20.4 Å². The molecular formula is C22H36IN5O4. The fourth-order valence-electron chi connectivity index (χ4n) is 3.04. The summed E-state index contributed by atoms with van der Waals surface area (Å²) in [4.78, 5) is 31.5. The van der Waals surface area contributed by atoms with Gasteiger partial charge in [-0.15, -0.1) is 24.0 Å². The van der Waals surface area contributed by atoms with Gasteiger partial charge in [-0.1, -0.05) is 18.2 Å². The molecule has 1 heterocycles. The van der Waals surface area contributed by atoms with Crippen LogP contribution < -0.4 is 15.4 Å². The number of likely N-dealkylation sites (tertiary alicyclic amines) is 1. The van der Waals surface area contributed by atoms with Gasteiger partial charge in [0.2, 0.25) is 5.91 Å². The van der Waals surface area contributed by atoms with Crippen LogP contribution >= 0.6 is 24.0 Å². The second-order valence-corrected chi connectivity index (χ2v) is 7.50. The molecule has 1 aromatic carbocycles. The zero-order chi connectivity index (χ0) is 22.5. The molecule has 0 saturated carbocycles. The number of hydrogen-bond donors (Lipinski definition) is 2. The van der Waals surface area contributed by atoms with Crippen molar-refractivity contribution in [2.45, 2.75) is 32.2 Å². The summed E-state index contributed by atoms with van der Waals surface area (Å²) in [6.45, 7) is 4.77. The van der Waals surface area contributed by atoms with E-state index in [0.29, 0.717) is 38.8 Å². The Balaban J connectivity index is 0.00000512.